The number of nitrogens with one attached hydrogen (secondary N) is 1. The van der Waals surface area contributed by atoms with Gasteiger partial charge in [-0.05, 0) is 31.2 Å². The number of halogens is 1. The second-order valence-electron chi connectivity index (χ2n) is 3.81. The van der Waals surface area contributed by atoms with Crippen LogP contribution in [0.4, 0.5) is 0 Å². The van der Waals surface area contributed by atoms with Crippen LogP contribution in [0.3, 0.4) is 0 Å². The SMILES string of the molecule is CCn1cnnc1CNS(=O)(=O)c1ccc(Cl)cc1. The second kappa shape index (κ2) is 5.68. The summed E-state index contributed by atoms with van der Waals surface area (Å²) in [7, 11) is -3.57. The third kappa shape index (κ3) is 3.31. The Balaban J connectivity index is 2.12. The van der Waals surface area contributed by atoms with Gasteiger partial charge in [0.05, 0.1) is 11.4 Å². The van der Waals surface area contributed by atoms with E-state index in [9.17, 15) is 8.42 Å². The molecule has 0 bridgehead atoms. The van der Waals surface area contributed by atoms with Crippen LogP contribution in [0.15, 0.2) is 35.5 Å². The van der Waals surface area contributed by atoms with Gasteiger partial charge in [-0.2, -0.15) is 0 Å². The molecular weight excluding hydrogens is 288 g/mol. The van der Waals surface area contributed by atoms with Crippen molar-refractivity contribution in [2.45, 2.75) is 24.9 Å². The van der Waals surface area contributed by atoms with Gasteiger partial charge < -0.3 is 4.57 Å². The van der Waals surface area contributed by atoms with Crippen molar-refractivity contribution in [3.63, 3.8) is 0 Å². The molecule has 0 aliphatic rings. The van der Waals surface area contributed by atoms with Crippen molar-refractivity contribution < 1.29 is 8.42 Å². The van der Waals surface area contributed by atoms with E-state index in [-0.39, 0.29) is 11.4 Å². The summed E-state index contributed by atoms with van der Waals surface area (Å²) in [4.78, 5) is 0.166. The summed E-state index contributed by atoms with van der Waals surface area (Å²) < 4.78 is 28.3. The van der Waals surface area contributed by atoms with Gasteiger partial charge in [0.25, 0.3) is 0 Å². The van der Waals surface area contributed by atoms with Crippen molar-refractivity contribution in [1.29, 1.82) is 0 Å². The smallest absolute Gasteiger partial charge is 0.240 e. The number of sulfonamides is 1. The minimum atomic E-state index is -3.57. The maximum atomic E-state index is 12.0. The molecule has 0 saturated heterocycles. The average Bonchev–Trinajstić information content (AvgIpc) is 2.84. The van der Waals surface area contributed by atoms with E-state index in [0.29, 0.717) is 17.4 Å². The number of nitrogens with zero attached hydrogens (tertiary/aromatic N) is 3. The van der Waals surface area contributed by atoms with Gasteiger partial charge in [-0.1, -0.05) is 11.6 Å². The highest BCUT2D eigenvalue weighted by Crippen LogP contribution is 2.14. The number of benzene rings is 1. The van der Waals surface area contributed by atoms with Crippen molar-refractivity contribution in [2.24, 2.45) is 0 Å². The number of aromatic nitrogens is 3. The summed E-state index contributed by atoms with van der Waals surface area (Å²) in [6.45, 7) is 2.71. The highest BCUT2D eigenvalue weighted by atomic mass is 35.5. The topological polar surface area (TPSA) is 76.9 Å². The molecule has 0 aliphatic carbocycles. The maximum absolute atomic E-state index is 12.0. The van der Waals surface area contributed by atoms with E-state index in [4.69, 9.17) is 11.6 Å². The normalized spacial score (nSPS) is 11.7. The Morgan fingerprint density at radius 1 is 1.32 bits per heavy atom. The van der Waals surface area contributed by atoms with Crippen molar-refractivity contribution >= 4 is 21.6 Å². The molecule has 6 nitrogen and oxygen atoms in total. The van der Waals surface area contributed by atoms with Crippen LogP contribution < -0.4 is 4.72 Å². The lowest BCUT2D eigenvalue weighted by Crippen LogP contribution is -2.25. The van der Waals surface area contributed by atoms with Gasteiger partial charge >= 0.3 is 0 Å². The van der Waals surface area contributed by atoms with Crippen molar-refractivity contribution in [2.75, 3.05) is 0 Å². The number of hydrogen-bond donors (Lipinski definition) is 1. The molecule has 0 radical (unpaired) electrons. The summed E-state index contributed by atoms with van der Waals surface area (Å²) in [5.41, 5.74) is 0. The van der Waals surface area contributed by atoms with E-state index in [0.717, 1.165) is 0 Å². The van der Waals surface area contributed by atoms with Crippen LogP contribution in [0, 0.1) is 0 Å². The fraction of sp³-hybridized carbons (Fsp3) is 0.273. The molecule has 0 spiro atoms. The monoisotopic (exact) mass is 300 g/mol. The Morgan fingerprint density at radius 3 is 2.63 bits per heavy atom. The fourth-order valence-corrected chi connectivity index (χ4v) is 2.64. The van der Waals surface area contributed by atoms with E-state index < -0.39 is 10.0 Å². The number of rotatable bonds is 5. The first-order chi connectivity index (χ1) is 9.03. The van der Waals surface area contributed by atoms with Gasteiger partial charge in [-0.3, -0.25) is 0 Å². The van der Waals surface area contributed by atoms with Crippen LogP contribution in [0.2, 0.25) is 5.02 Å². The van der Waals surface area contributed by atoms with E-state index in [1.165, 1.54) is 24.3 Å². The molecule has 0 saturated carbocycles. The molecule has 19 heavy (non-hydrogen) atoms. The Morgan fingerprint density at radius 2 is 2.00 bits per heavy atom. The molecule has 102 valence electrons. The third-order valence-corrected chi connectivity index (χ3v) is 4.25. The lowest BCUT2D eigenvalue weighted by molar-refractivity contribution is 0.575. The van der Waals surface area contributed by atoms with Gasteiger partial charge in [0.15, 0.2) is 0 Å². The van der Waals surface area contributed by atoms with Crippen LogP contribution in [-0.4, -0.2) is 23.2 Å². The lowest BCUT2D eigenvalue weighted by Gasteiger charge is -2.07. The van der Waals surface area contributed by atoms with Gasteiger partial charge in [-0.25, -0.2) is 13.1 Å². The largest absolute Gasteiger partial charge is 0.317 e. The maximum Gasteiger partial charge on any atom is 0.240 e. The van der Waals surface area contributed by atoms with E-state index >= 15 is 0 Å². The van der Waals surface area contributed by atoms with Gasteiger partial charge in [0, 0.05) is 11.6 Å². The Bertz CT molecular complexity index is 652. The van der Waals surface area contributed by atoms with Gasteiger partial charge in [-0.15, -0.1) is 10.2 Å². The highest BCUT2D eigenvalue weighted by molar-refractivity contribution is 7.89. The molecule has 2 aromatic rings. The molecule has 8 heteroatoms. The number of hydrogen-bond acceptors (Lipinski definition) is 4. The summed E-state index contributed by atoms with van der Waals surface area (Å²) in [6, 6.07) is 5.97. The van der Waals surface area contributed by atoms with E-state index in [1.807, 2.05) is 6.92 Å². The Kier molecular flexibility index (Phi) is 4.18. The lowest BCUT2D eigenvalue weighted by atomic mass is 10.4. The van der Waals surface area contributed by atoms with Crippen molar-refractivity contribution in [1.82, 2.24) is 19.5 Å². The summed E-state index contributed by atoms with van der Waals surface area (Å²) in [5.74, 6) is 0.569. The first-order valence-electron chi connectivity index (χ1n) is 5.65. The number of aryl methyl sites for hydroxylation is 1. The highest BCUT2D eigenvalue weighted by Gasteiger charge is 2.15. The van der Waals surface area contributed by atoms with Crippen LogP contribution in [-0.2, 0) is 23.1 Å². The average molecular weight is 301 g/mol. The minimum absolute atomic E-state index is 0.0960. The zero-order chi connectivity index (χ0) is 13.9. The zero-order valence-electron chi connectivity index (χ0n) is 10.2. The molecule has 1 aromatic carbocycles. The van der Waals surface area contributed by atoms with E-state index in [2.05, 4.69) is 14.9 Å². The van der Waals surface area contributed by atoms with Crippen LogP contribution in [0.1, 0.15) is 12.7 Å². The zero-order valence-corrected chi connectivity index (χ0v) is 11.8. The summed E-state index contributed by atoms with van der Waals surface area (Å²) in [5, 5.41) is 8.09. The Hall–Kier alpha value is -1.44. The molecule has 0 amide bonds. The van der Waals surface area contributed by atoms with Crippen molar-refractivity contribution in [3.8, 4) is 0 Å². The van der Waals surface area contributed by atoms with Crippen LogP contribution >= 0.6 is 11.6 Å². The molecule has 0 fully saturated rings. The molecule has 0 aliphatic heterocycles. The van der Waals surface area contributed by atoms with Crippen molar-refractivity contribution in [3.05, 3.63) is 41.4 Å². The summed E-state index contributed by atoms with van der Waals surface area (Å²) >= 11 is 5.72. The Labute approximate surface area is 116 Å². The summed E-state index contributed by atoms with van der Waals surface area (Å²) in [6.07, 6.45) is 1.56. The fourth-order valence-electron chi connectivity index (χ4n) is 1.54. The molecule has 0 atom stereocenters. The molecular formula is C11H13ClN4O2S. The van der Waals surface area contributed by atoms with Crippen LogP contribution in [0.25, 0.3) is 0 Å². The minimum Gasteiger partial charge on any atom is -0.317 e. The molecule has 1 aromatic heterocycles. The predicted molar refractivity (Wildman–Crippen MR) is 71.2 cm³/mol. The predicted octanol–water partition coefficient (Wildman–Crippen LogP) is 1.43. The first kappa shape index (κ1) is 14.0. The first-order valence-corrected chi connectivity index (χ1v) is 7.51. The molecule has 0 unspecified atom stereocenters. The van der Waals surface area contributed by atoms with Gasteiger partial charge in [0.1, 0.15) is 12.2 Å². The van der Waals surface area contributed by atoms with E-state index in [1.54, 1.807) is 10.9 Å². The third-order valence-electron chi connectivity index (χ3n) is 2.58. The standard InChI is InChI=1S/C11H13ClN4O2S/c1-2-16-8-13-15-11(16)7-14-19(17,18)10-5-3-9(12)4-6-10/h3-6,8,14H,2,7H2,1H3. The molecule has 2 rings (SSSR count). The second-order valence-corrected chi connectivity index (χ2v) is 6.02. The molecule has 1 N–H and O–H groups in total. The molecule has 1 heterocycles. The van der Waals surface area contributed by atoms with Gasteiger partial charge in [0.2, 0.25) is 10.0 Å². The quantitative estimate of drug-likeness (QED) is 0.906. The van der Waals surface area contributed by atoms with Crippen LogP contribution in [0.5, 0.6) is 0 Å².